The van der Waals surface area contributed by atoms with Crippen molar-refractivity contribution < 1.29 is 0 Å². The lowest BCUT2D eigenvalue weighted by atomic mass is 9.94. The highest BCUT2D eigenvalue weighted by Crippen LogP contribution is 2.18. The molecule has 0 saturated carbocycles. The Hall–Kier alpha value is -0.860. The van der Waals surface area contributed by atoms with E-state index >= 15 is 0 Å². The van der Waals surface area contributed by atoms with Crippen LogP contribution in [0, 0.1) is 19.8 Å². The zero-order valence-electron chi connectivity index (χ0n) is 11.2. The van der Waals surface area contributed by atoms with Gasteiger partial charge in [0.2, 0.25) is 0 Å². The Morgan fingerprint density at radius 3 is 2.47 bits per heavy atom. The van der Waals surface area contributed by atoms with Crippen molar-refractivity contribution in [3.8, 4) is 0 Å². The quantitative estimate of drug-likeness (QED) is 0.849. The van der Waals surface area contributed by atoms with Gasteiger partial charge in [0.05, 0.1) is 0 Å². The summed E-state index contributed by atoms with van der Waals surface area (Å²) in [5.41, 5.74) is 10.3. The molecule has 1 aromatic carbocycles. The molecule has 1 aliphatic heterocycles. The maximum Gasteiger partial charge on any atom is 0.0234 e. The number of likely N-dealkylation sites (tertiary alicyclic amines) is 1. The second-order valence-corrected chi connectivity index (χ2v) is 5.66. The van der Waals surface area contributed by atoms with Crippen molar-refractivity contribution in [1.29, 1.82) is 0 Å². The van der Waals surface area contributed by atoms with Crippen LogP contribution in [-0.2, 0) is 6.54 Å². The van der Waals surface area contributed by atoms with Crippen LogP contribution in [0.4, 0.5) is 0 Å². The highest BCUT2D eigenvalue weighted by molar-refractivity contribution is 5.28. The largest absolute Gasteiger partial charge is 0.326 e. The molecule has 1 fully saturated rings. The van der Waals surface area contributed by atoms with Gasteiger partial charge in [-0.2, -0.15) is 0 Å². The van der Waals surface area contributed by atoms with Crippen LogP contribution < -0.4 is 5.73 Å². The van der Waals surface area contributed by atoms with E-state index in [1.54, 1.807) is 0 Å². The fraction of sp³-hybridized carbons (Fsp3) is 0.600. The van der Waals surface area contributed by atoms with Crippen molar-refractivity contribution in [2.45, 2.75) is 39.8 Å². The maximum atomic E-state index is 6.14. The smallest absolute Gasteiger partial charge is 0.0234 e. The summed E-state index contributed by atoms with van der Waals surface area (Å²) in [5, 5.41) is 0. The highest BCUT2D eigenvalue weighted by Gasteiger charge is 2.22. The van der Waals surface area contributed by atoms with Crippen molar-refractivity contribution in [2.24, 2.45) is 11.7 Å². The standard InChI is InChI=1S/C15H24N2/c1-11-6-12(2)8-14(7-11)9-17-5-4-13(3)15(16)10-17/h6-8,13,15H,4-5,9-10,16H2,1-3H3. The normalized spacial score (nSPS) is 26.1. The minimum absolute atomic E-state index is 0.342. The molecule has 94 valence electrons. The summed E-state index contributed by atoms with van der Waals surface area (Å²) in [7, 11) is 0. The van der Waals surface area contributed by atoms with Crippen molar-refractivity contribution >= 4 is 0 Å². The van der Waals surface area contributed by atoms with E-state index in [0.717, 1.165) is 13.1 Å². The first-order valence-corrected chi connectivity index (χ1v) is 6.59. The van der Waals surface area contributed by atoms with Crippen molar-refractivity contribution in [1.82, 2.24) is 4.90 Å². The van der Waals surface area contributed by atoms with E-state index in [9.17, 15) is 0 Å². The summed E-state index contributed by atoms with van der Waals surface area (Å²) in [5.74, 6) is 0.672. The Balaban J connectivity index is 2.01. The molecule has 0 spiro atoms. The van der Waals surface area contributed by atoms with E-state index in [1.165, 1.54) is 29.7 Å². The molecular formula is C15H24N2. The number of benzene rings is 1. The van der Waals surface area contributed by atoms with Crippen molar-refractivity contribution in [2.75, 3.05) is 13.1 Å². The monoisotopic (exact) mass is 232 g/mol. The van der Waals surface area contributed by atoms with Gasteiger partial charge in [-0.1, -0.05) is 36.2 Å². The SMILES string of the molecule is Cc1cc(C)cc(CN2CCC(C)C(N)C2)c1. The van der Waals surface area contributed by atoms with Gasteiger partial charge in [-0.25, -0.2) is 0 Å². The Bertz CT molecular complexity index is 366. The second kappa shape index (κ2) is 5.19. The first-order chi connectivity index (χ1) is 8.04. The van der Waals surface area contributed by atoms with Gasteiger partial charge in [0.25, 0.3) is 0 Å². The van der Waals surface area contributed by atoms with Gasteiger partial charge in [-0.3, -0.25) is 4.90 Å². The topological polar surface area (TPSA) is 29.3 Å². The van der Waals surface area contributed by atoms with Gasteiger partial charge in [0.1, 0.15) is 0 Å². The summed E-state index contributed by atoms with van der Waals surface area (Å²) in [6.45, 7) is 9.86. The first-order valence-electron chi connectivity index (χ1n) is 6.59. The minimum atomic E-state index is 0.342. The average Bonchev–Trinajstić information content (AvgIpc) is 2.22. The van der Waals surface area contributed by atoms with Crippen LogP contribution in [0.2, 0.25) is 0 Å². The van der Waals surface area contributed by atoms with E-state index in [4.69, 9.17) is 5.73 Å². The van der Waals surface area contributed by atoms with Crippen LogP contribution in [0.25, 0.3) is 0 Å². The Labute approximate surface area is 105 Å². The molecule has 17 heavy (non-hydrogen) atoms. The van der Waals surface area contributed by atoms with E-state index in [2.05, 4.69) is 43.9 Å². The molecule has 2 heteroatoms. The lowest BCUT2D eigenvalue weighted by Gasteiger charge is -2.35. The number of aryl methyl sites for hydroxylation is 2. The summed E-state index contributed by atoms with van der Waals surface area (Å²) < 4.78 is 0. The number of rotatable bonds is 2. The summed E-state index contributed by atoms with van der Waals surface area (Å²) in [6.07, 6.45) is 1.23. The average molecular weight is 232 g/mol. The van der Waals surface area contributed by atoms with Gasteiger partial charge < -0.3 is 5.73 Å². The van der Waals surface area contributed by atoms with Crippen molar-refractivity contribution in [3.63, 3.8) is 0 Å². The predicted molar refractivity (Wildman–Crippen MR) is 72.9 cm³/mol. The molecule has 2 rings (SSSR count). The van der Waals surface area contributed by atoms with Gasteiger partial charge >= 0.3 is 0 Å². The number of piperidine rings is 1. The Kier molecular flexibility index (Phi) is 3.85. The van der Waals surface area contributed by atoms with E-state index in [-0.39, 0.29) is 0 Å². The maximum absolute atomic E-state index is 6.14. The number of nitrogens with zero attached hydrogens (tertiary/aromatic N) is 1. The Morgan fingerprint density at radius 2 is 1.88 bits per heavy atom. The molecule has 2 nitrogen and oxygen atoms in total. The third kappa shape index (κ3) is 3.30. The minimum Gasteiger partial charge on any atom is -0.326 e. The zero-order valence-corrected chi connectivity index (χ0v) is 11.2. The van der Waals surface area contributed by atoms with Gasteiger partial charge in [-0.05, 0) is 38.3 Å². The number of hydrogen-bond donors (Lipinski definition) is 1. The van der Waals surface area contributed by atoms with E-state index in [0.29, 0.717) is 12.0 Å². The molecule has 0 aromatic heterocycles. The molecule has 0 aliphatic carbocycles. The van der Waals surface area contributed by atoms with Crippen LogP contribution in [-0.4, -0.2) is 24.0 Å². The van der Waals surface area contributed by atoms with Crippen molar-refractivity contribution in [3.05, 3.63) is 34.9 Å². The fourth-order valence-electron chi connectivity index (χ4n) is 2.73. The zero-order chi connectivity index (χ0) is 12.4. The molecule has 1 heterocycles. The number of hydrogen-bond acceptors (Lipinski definition) is 2. The summed E-state index contributed by atoms with van der Waals surface area (Å²) in [6, 6.07) is 7.15. The molecule has 2 atom stereocenters. The number of nitrogens with two attached hydrogens (primary N) is 1. The van der Waals surface area contributed by atoms with E-state index in [1.807, 2.05) is 0 Å². The van der Waals surface area contributed by atoms with Crippen LogP contribution in [0.1, 0.15) is 30.0 Å². The molecule has 0 amide bonds. The predicted octanol–water partition coefficient (Wildman–Crippen LogP) is 2.47. The van der Waals surface area contributed by atoms with E-state index < -0.39 is 0 Å². The second-order valence-electron chi connectivity index (χ2n) is 5.66. The molecule has 1 saturated heterocycles. The molecule has 2 unspecified atom stereocenters. The lowest BCUT2D eigenvalue weighted by molar-refractivity contribution is 0.162. The van der Waals surface area contributed by atoms with Gasteiger partial charge in [0, 0.05) is 19.1 Å². The van der Waals surface area contributed by atoms with Gasteiger partial charge in [-0.15, -0.1) is 0 Å². The van der Waals surface area contributed by atoms with Gasteiger partial charge in [0.15, 0.2) is 0 Å². The van der Waals surface area contributed by atoms with Crippen LogP contribution in [0.15, 0.2) is 18.2 Å². The molecule has 1 aromatic rings. The molecular weight excluding hydrogens is 208 g/mol. The molecule has 0 bridgehead atoms. The lowest BCUT2D eigenvalue weighted by Crippen LogP contribution is -2.47. The van der Waals surface area contributed by atoms with Crippen LogP contribution in [0.5, 0.6) is 0 Å². The Morgan fingerprint density at radius 1 is 1.24 bits per heavy atom. The summed E-state index contributed by atoms with van der Waals surface area (Å²) in [4.78, 5) is 2.48. The molecule has 1 aliphatic rings. The summed E-state index contributed by atoms with van der Waals surface area (Å²) >= 11 is 0. The first kappa shape index (κ1) is 12.6. The highest BCUT2D eigenvalue weighted by atomic mass is 15.1. The fourth-order valence-corrected chi connectivity index (χ4v) is 2.73. The molecule has 0 radical (unpaired) electrons. The molecule has 2 N–H and O–H groups in total. The van der Waals surface area contributed by atoms with Crippen LogP contribution in [0.3, 0.4) is 0 Å². The third-order valence-corrected chi connectivity index (χ3v) is 3.79. The third-order valence-electron chi connectivity index (χ3n) is 3.79. The van der Waals surface area contributed by atoms with Crippen LogP contribution >= 0.6 is 0 Å².